The normalized spacial score (nSPS) is 16.2. The van der Waals surface area contributed by atoms with Gasteiger partial charge in [0.2, 0.25) is 5.82 Å². The molecule has 0 saturated carbocycles. The van der Waals surface area contributed by atoms with Gasteiger partial charge in [-0.05, 0) is 39.7 Å². The maximum Gasteiger partial charge on any atom is 0.410 e. The highest BCUT2D eigenvalue weighted by Gasteiger charge is 2.27. The van der Waals surface area contributed by atoms with Crippen molar-refractivity contribution < 1.29 is 14.3 Å². The molecule has 2 heterocycles. The third-order valence-corrected chi connectivity index (χ3v) is 3.25. The van der Waals surface area contributed by atoms with E-state index in [1.807, 2.05) is 20.8 Å². The largest absolute Gasteiger partial charge is 0.444 e. The maximum atomic E-state index is 12.0. The van der Waals surface area contributed by atoms with Crippen LogP contribution in [0.3, 0.4) is 0 Å². The van der Waals surface area contributed by atoms with Gasteiger partial charge in [0.15, 0.2) is 0 Å². The fraction of sp³-hybridized carbons (Fsp3) is 0.600. The molecule has 7 nitrogen and oxygen atoms in total. The third-order valence-electron chi connectivity index (χ3n) is 3.25. The predicted molar refractivity (Wildman–Crippen MR) is 80.3 cm³/mol. The average Bonchev–Trinajstić information content (AvgIpc) is 2.47. The number of hydrogen-bond acceptors (Lipinski definition) is 5. The fourth-order valence-corrected chi connectivity index (χ4v) is 2.20. The molecular formula is C15H22N4O3. The molecule has 0 spiro atoms. The molecule has 1 N–H and O–H groups in total. The van der Waals surface area contributed by atoms with Crippen molar-refractivity contribution in [2.75, 3.05) is 13.1 Å². The minimum absolute atomic E-state index is 0.0231. The zero-order valence-corrected chi connectivity index (χ0v) is 13.2. The van der Waals surface area contributed by atoms with Crippen molar-refractivity contribution in [1.29, 1.82) is 0 Å². The van der Waals surface area contributed by atoms with E-state index in [1.165, 1.54) is 12.4 Å². The second-order valence-corrected chi connectivity index (χ2v) is 6.29. The van der Waals surface area contributed by atoms with Crippen molar-refractivity contribution in [3.63, 3.8) is 0 Å². The summed E-state index contributed by atoms with van der Waals surface area (Å²) >= 11 is 0. The Bertz CT molecular complexity index is 519. The van der Waals surface area contributed by atoms with Crippen molar-refractivity contribution in [2.45, 2.75) is 45.3 Å². The van der Waals surface area contributed by atoms with Crippen LogP contribution in [0.15, 0.2) is 18.5 Å². The number of ether oxygens (including phenoxy) is 1. The first-order chi connectivity index (χ1) is 10.3. The van der Waals surface area contributed by atoms with Crippen LogP contribution in [0.25, 0.3) is 0 Å². The second kappa shape index (κ2) is 6.72. The van der Waals surface area contributed by atoms with Crippen LogP contribution in [0.4, 0.5) is 4.79 Å². The molecule has 0 bridgehead atoms. The van der Waals surface area contributed by atoms with Crippen LogP contribution in [-0.2, 0) is 4.74 Å². The Labute approximate surface area is 130 Å². The molecule has 22 heavy (non-hydrogen) atoms. The Morgan fingerprint density at radius 3 is 2.36 bits per heavy atom. The van der Waals surface area contributed by atoms with E-state index in [4.69, 9.17) is 4.74 Å². The summed E-state index contributed by atoms with van der Waals surface area (Å²) in [6, 6.07) is 1.69. The van der Waals surface area contributed by atoms with E-state index in [9.17, 15) is 9.59 Å². The Balaban J connectivity index is 1.80. The second-order valence-electron chi connectivity index (χ2n) is 6.29. The molecule has 1 aliphatic heterocycles. The molecule has 120 valence electrons. The number of rotatable bonds is 2. The summed E-state index contributed by atoms with van der Waals surface area (Å²) in [6.45, 7) is 6.66. The monoisotopic (exact) mass is 306 g/mol. The van der Waals surface area contributed by atoms with Crippen molar-refractivity contribution in [3.8, 4) is 0 Å². The highest BCUT2D eigenvalue weighted by atomic mass is 16.6. The van der Waals surface area contributed by atoms with Gasteiger partial charge in [0.1, 0.15) is 5.60 Å². The van der Waals surface area contributed by atoms with Crippen LogP contribution in [0.5, 0.6) is 0 Å². The van der Waals surface area contributed by atoms with Crippen LogP contribution >= 0.6 is 0 Å². The first-order valence-electron chi connectivity index (χ1n) is 7.41. The summed E-state index contributed by atoms with van der Waals surface area (Å²) in [5, 5.41) is 2.90. The third kappa shape index (κ3) is 4.68. The lowest BCUT2D eigenvalue weighted by atomic mass is 10.1. The summed E-state index contributed by atoms with van der Waals surface area (Å²) in [5.74, 6) is -0.117. The van der Waals surface area contributed by atoms with Gasteiger partial charge in [0.05, 0.1) is 0 Å². The number of likely N-dealkylation sites (tertiary alicyclic amines) is 1. The van der Waals surface area contributed by atoms with Crippen LogP contribution < -0.4 is 5.32 Å². The molecule has 0 atom stereocenters. The molecule has 1 saturated heterocycles. The van der Waals surface area contributed by atoms with Crippen molar-refractivity contribution in [2.24, 2.45) is 0 Å². The van der Waals surface area contributed by atoms with Gasteiger partial charge in [-0.25, -0.2) is 14.8 Å². The van der Waals surface area contributed by atoms with Gasteiger partial charge in [-0.1, -0.05) is 0 Å². The fourth-order valence-electron chi connectivity index (χ4n) is 2.20. The molecule has 2 amide bonds. The van der Waals surface area contributed by atoms with E-state index in [2.05, 4.69) is 15.3 Å². The van der Waals surface area contributed by atoms with Gasteiger partial charge in [0.25, 0.3) is 5.91 Å². The summed E-state index contributed by atoms with van der Waals surface area (Å²) in [5.41, 5.74) is -0.493. The van der Waals surface area contributed by atoms with Crippen LogP contribution in [0.2, 0.25) is 0 Å². The molecule has 1 aromatic heterocycles. The van der Waals surface area contributed by atoms with E-state index < -0.39 is 5.60 Å². The highest BCUT2D eigenvalue weighted by molar-refractivity contribution is 5.90. The number of piperidine rings is 1. The molecule has 1 aliphatic rings. The standard InChI is InChI=1S/C15H22N4O3/c1-15(2,3)22-14(21)19-9-5-11(6-10-19)18-13(20)12-16-7-4-8-17-12/h4,7-8,11H,5-6,9-10H2,1-3H3,(H,18,20). The molecule has 0 aliphatic carbocycles. The van der Waals surface area contributed by atoms with Gasteiger partial charge >= 0.3 is 6.09 Å². The van der Waals surface area contributed by atoms with Crippen molar-refractivity contribution in [3.05, 3.63) is 24.3 Å². The number of nitrogens with zero attached hydrogens (tertiary/aromatic N) is 3. The van der Waals surface area contributed by atoms with E-state index in [0.29, 0.717) is 25.9 Å². The van der Waals surface area contributed by atoms with Crippen molar-refractivity contribution in [1.82, 2.24) is 20.2 Å². The summed E-state index contributed by atoms with van der Waals surface area (Å²) in [4.78, 5) is 33.4. The number of carbonyl (C=O) groups excluding carboxylic acids is 2. The molecule has 0 radical (unpaired) electrons. The average molecular weight is 306 g/mol. The summed E-state index contributed by atoms with van der Waals surface area (Å²) < 4.78 is 5.34. The zero-order chi connectivity index (χ0) is 16.2. The number of aromatic nitrogens is 2. The first kappa shape index (κ1) is 16.2. The maximum absolute atomic E-state index is 12.0. The van der Waals surface area contributed by atoms with Crippen molar-refractivity contribution >= 4 is 12.0 Å². The van der Waals surface area contributed by atoms with E-state index >= 15 is 0 Å². The topological polar surface area (TPSA) is 84.4 Å². The smallest absolute Gasteiger partial charge is 0.410 e. The lowest BCUT2D eigenvalue weighted by Gasteiger charge is -2.33. The van der Waals surface area contributed by atoms with Gasteiger partial charge in [-0.3, -0.25) is 4.79 Å². The summed E-state index contributed by atoms with van der Waals surface area (Å²) in [7, 11) is 0. The van der Waals surface area contributed by atoms with E-state index in [0.717, 1.165) is 0 Å². The number of nitrogens with one attached hydrogen (secondary N) is 1. The van der Waals surface area contributed by atoms with Gasteiger partial charge in [-0.2, -0.15) is 0 Å². The number of carbonyl (C=O) groups is 2. The van der Waals surface area contributed by atoms with Crippen LogP contribution in [-0.4, -0.2) is 51.6 Å². The van der Waals surface area contributed by atoms with E-state index in [1.54, 1.807) is 11.0 Å². The van der Waals surface area contributed by atoms with Gasteiger partial charge in [-0.15, -0.1) is 0 Å². The predicted octanol–water partition coefficient (Wildman–Crippen LogP) is 1.61. The minimum Gasteiger partial charge on any atom is -0.444 e. The molecule has 1 fully saturated rings. The molecule has 7 heteroatoms. The molecule has 0 unspecified atom stereocenters. The Morgan fingerprint density at radius 2 is 1.82 bits per heavy atom. The zero-order valence-electron chi connectivity index (χ0n) is 13.2. The SMILES string of the molecule is CC(C)(C)OC(=O)N1CCC(NC(=O)c2ncccn2)CC1. The van der Waals surface area contributed by atoms with Gasteiger partial charge in [0, 0.05) is 31.5 Å². The molecular weight excluding hydrogens is 284 g/mol. The minimum atomic E-state index is -0.493. The Morgan fingerprint density at radius 1 is 1.23 bits per heavy atom. The number of amides is 2. The van der Waals surface area contributed by atoms with Crippen LogP contribution in [0, 0.1) is 0 Å². The number of hydrogen-bond donors (Lipinski definition) is 1. The lowest BCUT2D eigenvalue weighted by Crippen LogP contribution is -2.48. The van der Waals surface area contributed by atoms with E-state index in [-0.39, 0.29) is 23.9 Å². The lowest BCUT2D eigenvalue weighted by molar-refractivity contribution is 0.0199. The van der Waals surface area contributed by atoms with Crippen LogP contribution in [0.1, 0.15) is 44.2 Å². The quantitative estimate of drug-likeness (QED) is 0.897. The first-order valence-corrected chi connectivity index (χ1v) is 7.41. The summed E-state index contributed by atoms with van der Waals surface area (Å²) in [6.07, 6.45) is 4.15. The molecule has 1 aromatic rings. The van der Waals surface area contributed by atoms with Gasteiger partial charge < -0.3 is 15.0 Å². The highest BCUT2D eigenvalue weighted by Crippen LogP contribution is 2.15. The Kier molecular flexibility index (Phi) is 4.95. The molecule has 2 rings (SSSR count). The molecule has 0 aromatic carbocycles. The Hall–Kier alpha value is -2.18.